The van der Waals surface area contributed by atoms with E-state index in [-0.39, 0.29) is 38.0 Å². The van der Waals surface area contributed by atoms with Crippen molar-refractivity contribution < 1.29 is 19.1 Å². The summed E-state index contributed by atoms with van der Waals surface area (Å²) in [6.07, 6.45) is 12.9. The number of rotatable bonds is 8. The molecule has 1 rings (SSSR count). The smallest absolute Gasteiger partial charge is 0.312 e. The Morgan fingerprint density at radius 3 is 1.89 bits per heavy atom. The predicted octanol–water partition coefficient (Wildman–Crippen LogP) is 3.88. The van der Waals surface area contributed by atoms with E-state index in [1.165, 1.54) is 0 Å². The molecule has 0 amide bonds. The fourth-order valence-electron chi connectivity index (χ4n) is 2.46. The summed E-state index contributed by atoms with van der Waals surface area (Å²) < 4.78 is 11.0. The zero-order chi connectivity index (χ0) is 21.5. The van der Waals surface area contributed by atoms with Crippen molar-refractivity contribution in [1.82, 2.24) is 4.98 Å². The third-order valence-electron chi connectivity index (χ3n) is 4.70. The van der Waals surface area contributed by atoms with Crippen molar-refractivity contribution in [2.45, 2.75) is 67.6 Å². The Bertz CT molecular complexity index is 822. The number of ether oxygens (including phenoxy) is 2. The Kier molecular flexibility index (Phi) is 7.82. The predicted molar refractivity (Wildman–Crippen MR) is 108 cm³/mol. The summed E-state index contributed by atoms with van der Waals surface area (Å²) in [5, 5.41) is 0. The van der Waals surface area contributed by atoms with Gasteiger partial charge >= 0.3 is 11.9 Å². The summed E-state index contributed by atoms with van der Waals surface area (Å²) in [4.78, 5) is 29.0. The lowest BCUT2D eigenvalue weighted by Crippen LogP contribution is -2.27. The number of hydrogen-bond acceptors (Lipinski definition) is 5. The van der Waals surface area contributed by atoms with Crippen LogP contribution in [-0.4, -0.2) is 16.9 Å². The molecule has 28 heavy (non-hydrogen) atoms. The summed E-state index contributed by atoms with van der Waals surface area (Å²) in [5.74, 6) is 4.22. The normalized spacial score (nSPS) is 11.3. The number of esters is 2. The van der Waals surface area contributed by atoms with Crippen LogP contribution in [0.5, 0.6) is 0 Å². The first-order chi connectivity index (χ1) is 13.0. The molecule has 0 saturated heterocycles. The van der Waals surface area contributed by atoms with Gasteiger partial charge in [0.2, 0.25) is 0 Å². The molecule has 5 heteroatoms. The second-order valence-corrected chi connectivity index (χ2v) is 8.15. The first-order valence-corrected chi connectivity index (χ1v) is 9.11. The third-order valence-corrected chi connectivity index (χ3v) is 4.70. The van der Waals surface area contributed by atoms with Crippen LogP contribution in [0.25, 0.3) is 0 Å². The molecule has 1 heterocycles. The fourth-order valence-corrected chi connectivity index (χ4v) is 2.46. The molecule has 0 aliphatic heterocycles. The highest BCUT2D eigenvalue weighted by atomic mass is 16.5. The molecular formula is C23H29NO4. The van der Waals surface area contributed by atoms with Crippen molar-refractivity contribution >= 4 is 11.9 Å². The number of carbonyl (C=O) groups excluding carboxylic acids is 2. The lowest BCUT2D eigenvalue weighted by molar-refractivity contribution is -0.156. The lowest BCUT2D eigenvalue weighted by atomic mass is 9.90. The summed E-state index contributed by atoms with van der Waals surface area (Å²) in [5.41, 5.74) is 1.64. The average Bonchev–Trinajstić information content (AvgIpc) is 2.61. The maximum Gasteiger partial charge on any atom is 0.312 e. The van der Waals surface area contributed by atoms with E-state index in [1.807, 2.05) is 13.8 Å². The summed E-state index contributed by atoms with van der Waals surface area (Å²) in [6, 6.07) is 0. The van der Waals surface area contributed by atoms with E-state index in [0.717, 1.165) is 16.8 Å². The highest BCUT2D eigenvalue weighted by Crippen LogP contribution is 2.26. The average molecular weight is 383 g/mol. The molecule has 0 spiro atoms. The number of aromatic nitrogens is 1. The zero-order valence-corrected chi connectivity index (χ0v) is 17.6. The molecule has 1 aromatic rings. The standard InChI is InChI=1S/C23H29NO4/c1-9-11-22(5,6)20(25)27-14-18-13-24-17(4)16(3)19(18)15-28-21(26)23(7,8)12-10-2/h1-2,13H,11-12,14-15H2,3-8H3. The zero-order valence-electron chi connectivity index (χ0n) is 17.6. The van der Waals surface area contributed by atoms with Crippen molar-refractivity contribution in [2.75, 3.05) is 0 Å². The minimum Gasteiger partial charge on any atom is -0.460 e. The Balaban J connectivity index is 2.97. The van der Waals surface area contributed by atoms with Crippen molar-refractivity contribution in [2.24, 2.45) is 10.8 Å². The summed E-state index contributed by atoms with van der Waals surface area (Å²) in [6.45, 7) is 10.8. The highest BCUT2D eigenvalue weighted by Gasteiger charge is 2.30. The molecule has 0 bridgehead atoms. The van der Waals surface area contributed by atoms with E-state index < -0.39 is 10.8 Å². The monoisotopic (exact) mass is 383 g/mol. The molecule has 0 unspecified atom stereocenters. The van der Waals surface area contributed by atoms with Crippen LogP contribution in [0.1, 0.15) is 62.9 Å². The molecular weight excluding hydrogens is 354 g/mol. The van der Waals surface area contributed by atoms with E-state index in [9.17, 15) is 9.59 Å². The summed E-state index contributed by atoms with van der Waals surface area (Å²) >= 11 is 0. The molecule has 0 N–H and O–H groups in total. The maximum absolute atomic E-state index is 12.4. The third kappa shape index (κ3) is 5.86. The van der Waals surface area contributed by atoms with E-state index in [0.29, 0.717) is 5.56 Å². The number of pyridine rings is 1. The van der Waals surface area contributed by atoms with Crippen LogP contribution in [0, 0.1) is 49.4 Å². The van der Waals surface area contributed by atoms with Gasteiger partial charge in [-0.1, -0.05) is 0 Å². The second-order valence-electron chi connectivity index (χ2n) is 8.15. The van der Waals surface area contributed by atoms with Gasteiger partial charge in [-0.25, -0.2) is 0 Å². The van der Waals surface area contributed by atoms with E-state index in [4.69, 9.17) is 22.3 Å². The van der Waals surface area contributed by atoms with Gasteiger partial charge in [-0.2, -0.15) is 0 Å². The first kappa shape index (κ1) is 23.2. The van der Waals surface area contributed by atoms with Crippen LogP contribution in [0.4, 0.5) is 0 Å². The van der Waals surface area contributed by atoms with Crippen LogP contribution in [0.15, 0.2) is 6.20 Å². The molecule has 0 atom stereocenters. The lowest BCUT2D eigenvalue weighted by Gasteiger charge is -2.22. The van der Waals surface area contributed by atoms with Crippen molar-refractivity contribution in [3.05, 3.63) is 28.6 Å². The number of hydrogen-bond donors (Lipinski definition) is 0. The largest absolute Gasteiger partial charge is 0.460 e. The molecule has 0 aromatic carbocycles. The van der Waals surface area contributed by atoms with Gasteiger partial charge in [0.15, 0.2) is 0 Å². The van der Waals surface area contributed by atoms with Gasteiger partial charge < -0.3 is 9.47 Å². The topological polar surface area (TPSA) is 65.5 Å². The van der Waals surface area contributed by atoms with Gasteiger partial charge in [-0.05, 0) is 47.1 Å². The Labute approximate surface area is 168 Å². The minimum absolute atomic E-state index is 0.0294. The molecule has 5 nitrogen and oxygen atoms in total. The molecule has 0 fully saturated rings. The van der Waals surface area contributed by atoms with E-state index >= 15 is 0 Å². The van der Waals surface area contributed by atoms with Crippen molar-refractivity contribution in [3.63, 3.8) is 0 Å². The molecule has 0 radical (unpaired) electrons. The van der Waals surface area contributed by atoms with Crippen LogP contribution < -0.4 is 0 Å². The van der Waals surface area contributed by atoms with Gasteiger partial charge in [0.1, 0.15) is 13.2 Å². The number of carbonyl (C=O) groups is 2. The van der Waals surface area contributed by atoms with Crippen LogP contribution in [-0.2, 0) is 32.3 Å². The molecule has 0 aliphatic carbocycles. The molecule has 0 saturated carbocycles. The quantitative estimate of drug-likeness (QED) is 0.503. The summed E-state index contributed by atoms with van der Waals surface area (Å²) in [7, 11) is 0. The van der Waals surface area contributed by atoms with Gasteiger partial charge in [-0.15, -0.1) is 24.7 Å². The Morgan fingerprint density at radius 2 is 1.43 bits per heavy atom. The van der Waals surface area contributed by atoms with Gasteiger partial charge in [0.25, 0.3) is 0 Å². The minimum atomic E-state index is -0.770. The van der Waals surface area contributed by atoms with Crippen molar-refractivity contribution in [1.29, 1.82) is 0 Å². The van der Waals surface area contributed by atoms with E-state index in [2.05, 4.69) is 16.8 Å². The maximum atomic E-state index is 12.4. The van der Waals surface area contributed by atoms with Crippen molar-refractivity contribution in [3.8, 4) is 24.7 Å². The van der Waals surface area contributed by atoms with Gasteiger partial charge in [0.05, 0.1) is 10.8 Å². The fraction of sp³-hybridized carbons (Fsp3) is 0.522. The van der Waals surface area contributed by atoms with Gasteiger partial charge in [0, 0.05) is 35.9 Å². The van der Waals surface area contributed by atoms with Crippen LogP contribution in [0.2, 0.25) is 0 Å². The molecule has 1 aromatic heterocycles. The Hall–Kier alpha value is -2.79. The van der Waals surface area contributed by atoms with Gasteiger partial charge in [-0.3, -0.25) is 14.6 Å². The number of nitrogens with zero attached hydrogens (tertiary/aromatic N) is 1. The molecule has 150 valence electrons. The SMILES string of the molecule is C#CCC(C)(C)C(=O)OCc1cnc(C)c(C)c1COC(=O)C(C)(C)CC#C. The second kappa shape index (κ2) is 9.42. The first-order valence-electron chi connectivity index (χ1n) is 9.11. The number of terminal acetylenes is 2. The van der Waals surface area contributed by atoms with E-state index in [1.54, 1.807) is 33.9 Å². The highest BCUT2D eigenvalue weighted by molar-refractivity contribution is 5.77. The van der Waals surface area contributed by atoms with Crippen LogP contribution in [0.3, 0.4) is 0 Å². The van der Waals surface area contributed by atoms with Crippen LogP contribution >= 0.6 is 0 Å². The number of aryl methyl sites for hydroxylation is 1. The Morgan fingerprint density at radius 1 is 0.964 bits per heavy atom. The molecule has 0 aliphatic rings.